The van der Waals surface area contributed by atoms with E-state index in [1.807, 2.05) is 20.8 Å². The molecule has 8 heteroatoms. The number of likely N-dealkylation sites (tertiary alicyclic amines) is 1. The van der Waals surface area contributed by atoms with Gasteiger partial charge < -0.3 is 10.0 Å². The summed E-state index contributed by atoms with van der Waals surface area (Å²) in [6, 6.07) is -0.240. The molecule has 0 atom stereocenters. The molecule has 0 radical (unpaired) electrons. The summed E-state index contributed by atoms with van der Waals surface area (Å²) in [5.41, 5.74) is -0.153. The molecule has 116 valence electrons. The minimum atomic E-state index is -0.783. The number of hydrogen-bond acceptors (Lipinski definition) is 5. The van der Waals surface area contributed by atoms with E-state index < -0.39 is 5.97 Å². The topological polar surface area (TPSA) is 95.4 Å². The highest BCUT2D eigenvalue weighted by molar-refractivity contribution is 7.09. The SMILES string of the molecule is CC(C)(C)c1nsc(NC(=O)N2CCC(C(=O)O)CC2)n1. The lowest BCUT2D eigenvalue weighted by Gasteiger charge is -2.29. The largest absolute Gasteiger partial charge is 0.481 e. The molecular weight excluding hydrogens is 292 g/mol. The number of carbonyl (C=O) groups excluding carboxylic acids is 1. The van der Waals surface area contributed by atoms with Crippen molar-refractivity contribution >= 4 is 28.7 Å². The average molecular weight is 312 g/mol. The first-order valence-electron chi connectivity index (χ1n) is 6.90. The number of nitrogens with one attached hydrogen (secondary N) is 1. The highest BCUT2D eigenvalue weighted by atomic mass is 32.1. The van der Waals surface area contributed by atoms with Gasteiger partial charge in [0.05, 0.1) is 5.92 Å². The van der Waals surface area contributed by atoms with Gasteiger partial charge in [-0.2, -0.15) is 4.37 Å². The van der Waals surface area contributed by atoms with E-state index in [0.29, 0.717) is 36.9 Å². The zero-order valence-electron chi connectivity index (χ0n) is 12.4. The lowest BCUT2D eigenvalue weighted by molar-refractivity contribution is -0.143. The number of hydrogen-bond donors (Lipinski definition) is 2. The molecule has 1 aliphatic rings. The second kappa shape index (κ2) is 5.97. The molecule has 2 amide bonds. The molecule has 1 aromatic heterocycles. The number of aromatic nitrogens is 2. The molecule has 0 unspecified atom stereocenters. The summed E-state index contributed by atoms with van der Waals surface area (Å²) in [4.78, 5) is 28.9. The van der Waals surface area contributed by atoms with Crippen LogP contribution in [0.5, 0.6) is 0 Å². The molecule has 0 saturated carbocycles. The Hall–Kier alpha value is -1.70. The molecule has 7 nitrogen and oxygen atoms in total. The van der Waals surface area contributed by atoms with Crippen LogP contribution in [0.2, 0.25) is 0 Å². The predicted molar refractivity (Wildman–Crippen MR) is 79.6 cm³/mol. The molecule has 2 heterocycles. The van der Waals surface area contributed by atoms with E-state index in [0.717, 1.165) is 11.5 Å². The molecular formula is C13H20N4O3S. The molecule has 2 N–H and O–H groups in total. The van der Waals surface area contributed by atoms with Crippen molar-refractivity contribution in [3.63, 3.8) is 0 Å². The Labute approximate surface area is 127 Å². The number of piperidine rings is 1. The number of anilines is 1. The van der Waals surface area contributed by atoms with Crippen molar-refractivity contribution in [2.24, 2.45) is 5.92 Å². The average Bonchev–Trinajstić information content (AvgIpc) is 2.87. The number of rotatable bonds is 2. The third-order valence-corrected chi connectivity index (χ3v) is 4.07. The van der Waals surface area contributed by atoms with Gasteiger partial charge in [0.15, 0.2) is 0 Å². The zero-order valence-corrected chi connectivity index (χ0v) is 13.2. The van der Waals surface area contributed by atoms with Crippen molar-refractivity contribution in [3.05, 3.63) is 5.82 Å². The maximum atomic E-state index is 12.1. The third kappa shape index (κ3) is 3.90. The second-order valence-corrected chi connectivity index (χ2v) is 6.95. The fourth-order valence-corrected chi connectivity index (χ4v) is 2.83. The minimum absolute atomic E-state index is 0.153. The fourth-order valence-electron chi connectivity index (χ4n) is 2.08. The van der Waals surface area contributed by atoms with Crippen molar-refractivity contribution in [2.75, 3.05) is 18.4 Å². The van der Waals surface area contributed by atoms with Gasteiger partial charge in [-0.15, -0.1) is 0 Å². The first-order valence-corrected chi connectivity index (χ1v) is 7.67. The number of nitrogens with zero attached hydrogens (tertiary/aromatic N) is 3. The van der Waals surface area contributed by atoms with Gasteiger partial charge >= 0.3 is 12.0 Å². The van der Waals surface area contributed by atoms with Gasteiger partial charge in [-0.25, -0.2) is 9.78 Å². The second-order valence-electron chi connectivity index (χ2n) is 6.20. The predicted octanol–water partition coefficient (Wildman–Crippen LogP) is 2.16. The van der Waals surface area contributed by atoms with Crippen molar-refractivity contribution in [1.29, 1.82) is 0 Å². The van der Waals surface area contributed by atoms with Crippen LogP contribution in [0.3, 0.4) is 0 Å². The van der Waals surface area contributed by atoms with Crippen LogP contribution in [0, 0.1) is 5.92 Å². The summed E-state index contributed by atoms with van der Waals surface area (Å²) in [7, 11) is 0. The van der Waals surface area contributed by atoms with Crippen molar-refractivity contribution in [3.8, 4) is 0 Å². The normalized spacial score (nSPS) is 16.8. The summed E-state index contributed by atoms with van der Waals surface area (Å²) in [6.07, 6.45) is 0.984. The summed E-state index contributed by atoms with van der Waals surface area (Å²) in [5, 5.41) is 12.2. The Morgan fingerprint density at radius 1 is 1.33 bits per heavy atom. The monoisotopic (exact) mass is 312 g/mol. The molecule has 1 aromatic rings. The maximum absolute atomic E-state index is 12.1. The van der Waals surface area contributed by atoms with Crippen molar-refractivity contribution in [1.82, 2.24) is 14.3 Å². The summed E-state index contributed by atoms with van der Waals surface area (Å²) >= 11 is 1.16. The molecule has 0 bridgehead atoms. The van der Waals surface area contributed by atoms with E-state index >= 15 is 0 Å². The van der Waals surface area contributed by atoms with Gasteiger partial charge in [0.1, 0.15) is 5.82 Å². The Morgan fingerprint density at radius 2 is 1.95 bits per heavy atom. The van der Waals surface area contributed by atoms with Crippen LogP contribution in [-0.2, 0) is 10.2 Å². The lowest BCUT2D eigenvalue weighted by Crippen LogP contribution is -2.42. The van der Waals surface area contributed by atoms with Crippen molar-refractivity contribution in [2.45, 2.75) is 39.0 Å². The number of urea groups is 1. The molecule has 0 spiro atoms. The van der Waals surface area contributed by atoms with Gasteiger partial charge in [-0.05, 0) is 12.8 Å². The Balaban J connectivity index is 1.91. The van der Waals surface area contributed by atoms with E-state index in [1.54, 1.807) is 4.90 Å². The fraction of sp³-hybridized carbons (Fsp3) is 0.692. The standard InChI is InChI=1S/C13H20N4O3S/c1-13(2,3)10-14-11(21-16-10)15-12(20)17-6-4-8(5-7-17)9(18)19/h8H,4-7H2,1-3H3,(H,18,19)(H,14,15,16,20). The number of carbonyl (C=O) groups is 2. The summed E-state index contributed by atoms with van der Waals surface area (Å²) < 4.78 is 4.24. The zero-order chi connectivity index (χ0) is 15.6. The van der Waals surface area contributed by atoms with Crippen LogP contribution >= 0.6 is 11.5 Å². The van der Waals surface area contributed by atoms with Crippen LogP contribution < -0.4 is 5.32 Å². The van der Waals surface area contributed by atoms with Gasteiger partial charge in [0.25, 0.3) is 0 Å². The maximum Gasteiger partial charge on any atom is 0.323 e. The van der Waals surface area contributed by atoms with Gasteiger partial charge in [0, 0.05) is 30.0 Å². The number of carboxylic acids is 1. The molecule has 1 saturated heterocycles. The lowest BCUT2D eigenvalue weighted by atomic mass is 9.96. The van der Waals surface area contributed by atoms with E-state index in [-0.39, 0.29) is 17.4 Å². The summed E-state index contributed by atoms with van der Waals surface area (Å²) in [5.74, 6) is -0.426. The molecule has 21 heavy (non-hydrogen) atoms. The van der Waals surface area contributed by atoms with E-state index in [9.17, 15) is 9.59 Å². The van der Waals surface area contributed by atoms with Crippen LogP contribution in [0.15, 0.2) is 0 Å². The van der Waals surface area contributed by atoms with Crippen LogP contribution in [0.25, 0.3) is 0 Å². The smallest absolute Gasteiger partial charge is 0.323 e. The van der Waals surface area contributed by atoms with Crippen molar-refractivity contribution < 1.29 is 14.7 Å². The van der Waals surface area contributed by atoms with E-state index in [4.69, 9.17) is 5.11 Å². The van der Waals surface area contributed by atoms with Gasteiger partial charge in [0.2, 0.25) is 5.13 Å². The third-order valence-electron chi connectivity index (χ3n) is 3.44. The van der Waals surface area contributed by atoms with Gasteiger partial charge in [-0.3, -0.25) is 10.1 Å². The molecule has 2 rings (SSSR count). The molecule has 0 aliphatic carbocycles. The van der Waals surface area contributed by atoms with E-state index in [2.05, 4.69) is 14.7 Å². The quantitative estimate of drug-likeness (QED) is 0.872. The Kier molecular flexibility index (Phi) is 4.46. The molecule has 1 fully saturated rings. The van der Waals surface area contributed by atoms with Crippen LogP contribution in [0.1, 0.15) is 39.4 Å². The number of carboxylic acid groups (broad SMARTS) is 1. The molecule has 1 aliphatic heterocycles. The summed E-state index contributed by atoms with van der Waals surface area (Å²) in [6.45, 7) is 6.94. The first-order chi connectivity index (χ1) is 9.77. The number of aliphatic carboxylic acids is 1. The highest BCUT2D eigenvalue weighted by Crippen LogP contribution is 2.24. The highest BCUT2D eigenvalue weighted by Gasteiger charge is 2.27. The minimum Gasteiger partial charge on any atom is -0.481 e. The van der Waals surface area contributed by atoms with Gasteiger partial charge in [-0.1, -0.05) is 20.8 Å². The Morgan fingerprint density at radius 3 is 2.43 bits per heavy atom. The van der Waals surface area contributed by atoms with Crippen LogP contribution in [0.4, 0.5) is 9.93 Å². The number of amides is 2. The Bertz CT molecular complexity index is 530. The molecule has 0 aromatic carbocycles. The van der Waals surface area contributed by atoms with E-state index in [1.165, 1.54) is 0 Å². The first kappa shape index (κ1) is 15.7. The van der Waals surface area contributed by atoms with Crippen LogP contribution in [-0.4, -0.2) is 44.5 Å².